The lowest BCUT2D eigenvalue weighted by Gasteiger charge is -2.32. The van der Waals surface area contributed by atoms with Crippen LogP contribution in [0.1, 0.15) is 37.5 Å². The standard InChI is InChI=1S/C31H37Cl2N3O6S/c1-19(2)34-31(38)22(5)35(17-23-8-10-26(32)27(33)15-23)30(37)18-36(24-13-20(3)12-21(4)14-24)43(39,40)25-9-11-28(41-6)29(16-25)42-7/h8-16,19,22H,17-18H2,1-7H3,(H,34,38). The number of amides is 2. The van der Waals surface area contributed by atoms with Crippen molar-refractivity contribution in [3.8, 4) is 11.5 Å². The van der Waals surface area contributed by atoms with E-state index in [1.165, 1.54) is 37.3 Å². The number of nitrogens with zero attached hydrogens (tertiary/aromatic N) is 2. The van der Waals surface area contributed by atoms with Gasteiger partial charge in [-0.2, -0.15) is 0 Å². The van der Waals surface area contributed by atoms with Gasteiger partial charge in [-0.05, 0) is 87.7 Å². The number of anilines is 1. The molecule has 3 rings (SSSR count). The number of rotatable bonds is 12. The van der Waals surface area contributed by atoms with Crippen LogP contribution in [0.2, 0.25) is 10.0 Å². The molecule has 0 saturated heterocycles. The molecule has 12 heteroatoms. The van der Waals surface area contributed by atoms with Crippen LogP contribution in [-0.4, -0.2) is 58.0 Å². The number of carbonyl (C=O) groups excluding carboxylic acids is 2. The predicted octanol–water partition coefficient (Wildman–Crippen LogP) is 5.76. The first-order chi connectivity index (χ1) is 20.2. The quantitative estimate of drug-likeness (QED) is 0.267. The first-order valence-corrected chi connectivity index (χ1v) is 15.7. The molecule has 2 amide bonds. The maximum atomic E-state index is 14.2. The van der Waals surface area contributed by atoms with E-state index >= 15 is 0 Å². The first-order valence-electron chi connectivity index (χ1n) is 13.5. The second-order valence-electron chi connectivity index (χ2n) is 10.5. The SMILES string of the molecule is COc1ccc(S(=O)(=O)N(CC(=O)N(Cc2ccc(Cl)c(Cl)c2)C(C)C(=O)NC(C)C)c2cc(C)cc(C)c2)cc1OC. The van der Waals surface area contributed by atoms with Crippen LogP contribution in [-0.2, 0) is 26.2 Å². The minimum absolute atomic E-state index is 0.0144. The summed E-state index contributed by atoms with van der Waals surface area (Å²) in [5, 5.41) is 3.46. The van der Waals surface area contributed by atoms with Crippen LogP contribution in [0.15, 0.2) is 59.5 Å². The first kappa shape index (κ1) is 34.0. The van der Waals surface area contributed by atoms with E-state index in [0.717, 1.165) is 15.4 Å². The lowest BCUT2D eigenvalue weighted by atomic mass is 10.1. The number of nitrogens with one attached hydrogen (secondary N) is 1. The van der Waals surface area contributed by atoms with Gasteiger partial charge in [-0.1, -0.05) is 35.3 Å². The maximum absolute atomic E-state index is 14.2. The summed E-state index contributed by atoms with van der Waals surface area (Å²) in [4.78, 5) is 28.4. The van der Waals surface area contributed by atoms with E-state index in [0.29, 0.717) is 27.0 Å². The van der Waals surface area contributed by atoms with Crippen LogP contribution in [0.25, 0.3) is 0 Å². The molecule has 0 heterocycles. The Hall–Kier alpha value is -3.47. The summed E-state index contributed by atoms with van der Waals surface area (Å²) in [6, 6.07) is 13.3. The van der Waals surface area contributed by atoms with E-state index in [4.69, 9.17) is 32.7 Å². The van der Waals surface area contributed by atoms with Gasteiger partial charge in [0.2, 0.25) is 11.8 Å². The molecule has 43 heavy (non-hydrogen) atoms. The van der Waals surface area contributed by atoms with Gasteiger partial charge in [-0.15, -0.1) is 0 Å². The molecule has 0 fully saturated rings. The van der Waals surface area contributed by atoms with Crippen molar-refractivity contribution in [2.75, 3.05) is 25.1 Å². The van der Waals surface area contributed by atoms with Crippen LogP contribution in [0.5, 0.6) is 11.5 Å². The van der Waals surface area contributed by atoms with Gasteiger partial charge in [-0.3, -0.25) is 13.9 Å². The Balaban J connectivity index is 2.12. The Labute approximate surface area is 263 Å². The molecule has 0 aliphatic heterocycles. The van der Waals surface area contributed by atoms with Crippen molar-refractivity contribution in [1.29, 1.82) is 0 Å². The average Bonchev–Trinajstić information content (AvgIpc) is 2.94. The molecule has 1 atom stereocenters. The van der Waals surface area contributed by atoms with Crippen LogP contribution in [0.4, 0.5) is 5.69 Å². The fourth-order valence-electron chi connectivity index (χ4n) is 4.55. The second-order valence-corrected chi connectivity index (χ2v) is 13.2. The number of methoxy groups -OCH3 is 2. The van der Waals surface area contributed by atoms with Gasteiger partial charge in [0.05, 0.1) is 34.8 Å². The molecular formula is C31H37Cl2N3O6S. The number of benzene rings is 3. The Kier molecular flexibility index (Phi) is 11.3. The molecule has 0 saturated carbocycles. The van der Waals surface area contributed by atoms with Gasteiger partial charge in [0, 0.05) is 18.7 Å². The second kappa shape index (κ2) is 14.3. The molecule has 0 bridgehead atoms. The number of hydrogen-bond acceptors (Lipinski definition) is 6. The number of sulfonamides is 1. The highest BCUT2D eigenvalue weighted by molar-refractivity contribution is 7.92. The van der Waals surface area contributed by atoms with E-state index in [1.54, 1.807) is 37.3 Å². The highest BCUT2D eigenvalue weighted by Crippen LogP contribution is 2.33. The van der Waals surface area contributed by atoms with Crippen LogP contribution in [0.3, 0.4) is 0 Å². The third-order valence-electron chi connectivity index (χ3n) is 6.65. The molecule has 232 valence electrons. The van der Waals surface area contributed by atoms with Gasteiger partial charge < -0.3 is 19.7 Å². The normalized spacial score (nSPS) is 12.0. The van der Waals surface area contributed by atoms with Gasteiger partial charge in [0.15, 0.2) is 11.5 Å². The topological polar surface area (TPSA) is 105 Å². The summed E-state index contributed by atoms with van der Waals surface area (Å²) < 4.78 is 40.1. The largest absolute Gasteiger partial charge is 0.493 e. The van der Waals surface area contributed by atoms with Gasteiger partial charge in [0.25, 0.3) is 10.0 Å². The van der Waals surface area contributed by atoms with Crippen molar-refractivity contribution < 1.29 is 27.5 Å². The lowest BCUT2D eigenvalue weighted by Crippen LogP contribution is -2.52. The van der Waals surface area contributed by atoms with Gasteiger partial charge >= 0.3 is 0 Å². The molecule has 3 aromatic carbocycles. The lowest BCUT2D eigenvalue weighted by molar-refractivity contribution is -0.139. The van der Waals surface area contributed by atoms with Crippen molar-refractivity contribution in [1.82, 2.24) is 10.2 Å². The highest BCUT2D eigenvalue weighted by atomic mass is 35.5. The number of aryl methyl sites for hydroxylation is 2. The number of ether oxygens (including phenoxy) is 2. The van der Waals surface area contributed by atoms with Crippen molar-refractivity contribution in [2.24, 2.45) is 0 Å². The minimum Gasteiger partial charge on any atom is -0.493 e. The van der Waals surface area contributed by atoms with Crippen molar-refractivity contribution >= 4 is 50.7 Å². The summed E-state index contributed by atoms with van der Waals surface area (Å²) >= 11 is 12.3. The molecule has 0 aliphatic rings. The smallest absolute Gasteiger partial charge is 0.264 e. The van der Waals surface area contributed by atoms with Gasteiger partial charge in [0.1, 0.15) is 12.6 Å². The zero-order valence-electron chi connectivity index (χ0n) is 25.3. The molecule has 0 aromatic heterocycles. The summed E-state index contributed by atoms with van der Waals surface area (Å²) in [5.41, 5.74) is 2.54. The maximum Gasteiger partial charge on any atom is 0.264 e. The average molecular weight is 651 g/mol. The Morgan fingerprint density at radius 2 is 1.49 bits per heavy atom. The van der Waals surface area contributed by atoms with E-state index in [9.17, 15) is 18.0 Å². The zero-order chi connectivity index (χ0) is 32.1. The molecule has 9 nitrogen and oxygen atoms in total. The van der Waals surface area contributed by atoms with E-state index in [1.807, 2.05) is 33.8 Å². The molecule has 0 aliphatic carbocycles. The van der Waals surface area contributed by atoms with Crippen LogP contribution < -0.4 is 19.1 Å². The molecular weight excluding hydrogens is 613 g/mol. The van der Waals surface area contributed by atoms with E-state index in [2.05, 4.69) is 5.32 Å². The molecule has 0 radical (unpaired) electrons. The molecule has 3 aromatic rings. The fraction of sp³-hybridized carbons (Fsp3) is 0.355. The zero-order valence-corrected chi connectivity index (χ0v) is 27.6. The van der Waals surface area contributed by atoms with E-state index < -0.39 is 28.5 Å². The van der Waals surface area contributed by atoms with Gasteiger partial charge in [-0.25, -0.2) is 8.42 Å². The third kappa shape index (κ3) is 8.34. The third-order valence-corrected chi connectivity index (χ3v) is 9.16. The highest BCUT2D eigenvalue weighted by Gasteiger charge is 2.33. The monoisotopic (exact) mass is 649 g/mol. The predicted molar refractivity (Wildman–Crippen MR) is 170 cm³/mol. The van der Waals surface area contributed by atoms with Crippen molar-refractivity contribution in [2.45, 2.75) is 58.1 Å². The molecule has 1 unspecified atom stereocenters. The summed E-state index contributed by atoms with van der Waals surface area (Å²) in [6.45, 7) is 8.31. The van der Waals surface area contributed by atoms with E-state index in [-0.39, 0.29) is 29.1 Å². The Morgan fingerprint density at radius 3 is 2.05 bits per heavy atom. The molecule has 0 spiro atoms. The summed E-state index contributed by atoms with van der Waals surface area (Å²) in [6.07, 6.45) is 0. The van der Waals surface area contributed by atoms with Crippen LogP contribution in [0, 0.1) is 13.8 Å². The molecule has 1 N–H and O–H groups in total. The minimum atomic E-state index is -4.31. The van der Waals surface area contributed by atoms with Crippen molar-refractivity contribution in [3.05, 3.63) is 81.3 Å². The summed E-state index contributed by atoms with van der Waals surface area (Å²) in [7, 11) is -1.46. The van der Waals surface area contributed by atoms with Crippen LogP contribution >= 0.6 is 23.2 Å². The van der Waals surface area contributed by atoms with Crippen molar-refractivity contribution in [3.63, 3.8) is 0 Å². The number of halogens is 2. The Bertz CT molecular complexity index is 1580. The number of hydrogen-bond donors (Lipinski definition) is 1. The number of carbonyl (C=O) groups is 2. The fourth-order valence-corrected chi connectivity index (χ4v) is 6.28. The Morgan fingerprint density at radius 1 is 0.860 bits per heavy atom. The summed E-state index contributed by atoms with van der Waals surface area (Å²) in [5.74, 6) is -0.409.